The van der Waals surface area contributed by atoms with Gasteiger partial charge in [0.05, 0.1) is 12.3 Å². The summed E-state index contributed by atoms with van der Waals surface area (Å²) >= 11 is 3.35. The highest BCUT2D eigenvalue weighted by Crippen LogP contribution is 2.28. The van der Waals surface area contributed by atoms with E-state index in [1.807, 2.05) is 11.6 Å². The van der Waals surface area contributed by atoms with Gasteiger partial charge in [-0.15, -0.1) is 22.7 Å². The van der Waals surface area contributed by atoms with Crippen LogP contribution in [0.15, 0.2) is 17.0 Å². The zero-order chi connectivity index (χ0) is 13.7. The molecule has 0 radical (unpaired) electrons. The summed E-state index contributed by atoms with van der Waals surface area (Å²) in [6.45, 7) is 5.80. The largest absolute Gasteiger partial charge is 0.383 e. The standard InChI is InChI=1S/C13H19N3OS2/c1-9(2)10-8-19-13(16-10)11(14-4-6-17-3)12-15-5-7-18-12/h5,7-9,11,14H,4,6H2,1-3H3. The van der Waals surface area contributed by atoms with Crippen molar-refractivity contribution in [3.8, 4) is 0 Å². The molecular weight excluding hydrogens is 278 g/mol. The first kappa shape index (κ1) is 14.6. The van der Waals surface area contributed by atoms with Crippen molar-refractivity contribution in [2.24, 2.45) is 0 Å². The Bertz CT molecular complexity index is 482. The summed E-state index contributed by atoms with van der Waals surface area (Å²) in [5.74, 6) is 0.459. The average molecular weight is 297 g/mol. The van der Waals surface area contributed by atoms with E-state index >= 15 is 0 Å². The molecule has 2 heterocycles. The highest BCUT2D eigenvalue weighted by molar-refractivity contribution is 7.11. The third-order valence-electron chi connectivity index (χ3n) is 2.73. The number of hydrogen-bond donors (Lipinski definition) is 1. The van der Waals surface area contributed by atoms with Gasteiger partial charge in [-0.25, -0.2) is 9.97 Å². The van der Waals surface area contributed by atoms with E-state index in [-0.39, 0.29) is 6.04 Å². The lowest BCUT2D eigenvalue weighted by atomic mass is 10.2. The molecule has 1 atom stereocenters. The van der Waals surface area contributed by atoms with Crippen molar-refractivity contribution in [2.75, 3.05) is 20.3 Å². The second kappa shape index (κ2) is 7.09. The molecule has 104 valence electrons. The van der Waals surface area contributed by atoms with Gasteiger partial charge in [-0.1, -0.05) is 13.8 Å². The molecule has 2 aromatic rings. The van der Waals surface area contributed by atoms with E-state index in [4.69, 9.17) is 9.72 Å². The van der Waals surface area contributed by atoms with E-state index < -0.39 is 0 Å². The van der Waals surface area contributed by atoms with Gasteiger partial charge in [-0.2, -0.15) is 0 Å². The number of ether oxygens (including phenoxy) is 1. The topological polar surface area (TPSA) is 47.0 Å². The molecule has 0 aliphatic carbocycles. The summed E-state index contributed by atoms with van der Waals surface area (Å²) in [6, 6.07) is 0.0765. The van der Waals surface area contributed by atoms with Crippen molar-refractivity contribution in [2.45, 2.75) is 25.8 Å². The van der Waals surface area contributed by atoms with Crippen LogP contribution >= 0.6 is 22.7 Å². The SMILES string of the molecule is COCCNC(c1nccs1)c1nc(C(C)C)cs1. The fraction of sp³-hybridized carbons (Fsp3) is 0.538. The van der Waals surface area contributed by atoms with Gasteiger partial charge >= 0.3 is 0 Å². The second-order valence-corrected chi connectivity index (χ2v) is 6.33. The van der Waals surface area contributed by atoms with Crippen LogP contribution in [0, 0.1) is 0 Å². The van der Waals surface area contributed by atoms with Gasteiger partial charge < -0.3 is 4.74 Å². The van der Waals surface area contributed by atoms with E-state index in [2.05, 4.69) is 29.5 Å². The zero-order valence-electron chi connectivity index (χ0n) is 11.4. The first-order chi connectivity index (χ1) is 9.22. The average Bonchev–Trinajstić information content (AvgIpc) is 3.06. The maximum atomic E-state index is 5.09. The second-order valence-electron chi connectivity index (χ2n) is 4.52. The van der Waals surface area contributed by atoms with E-state index in [9.17, 15) is 0 Å². The molecule has 0 fully saturated rings. The quantitative estimate of drug-likeness (QED) is 0.798. The van der Waals surface area contributed by atoms with Crippen LogP contribution in [0.2, 0.25) is 0 Å². The van der Waals surface area contributed by atoms with Gasteiger partial charge in [0.25, 0.3) is 0 Å². The number of thiazole rings is 2. The Balaban J connectivity index is 2.16. The van der Waals surface area contributed by atoms with Crippen LogP contribution in [-0.4, -0.2) is 30.2 Å². The van der Waals surface area contributed by atoms with Crippen LogP contribution in [0.25, 0.3) is 0 Å². The summed E-state index contributed by atoms with van der Waals surface area (Å²) in [6.07, 6.45) is 1.84. The normalized spacial score (nSPS) is 13.1. The van der Waals surface area contributed by atoms with Gasteiger partial charge in [0.2, 0.25) is 0 Å². The van der Waals surface area contributed by atoms with Gasteiger partial charge in [0.15, 0.2) is 0 Å². The molecule has 0 spiro atoms. The van der Waals surface area contributed by atoms with Crippen molar-refractivity contribution >= 4 is 22.7 Å². The zero-order valence-corrected chi connectivity index (χ0v) is 13.1. The van der Waals surface area contributed by atoms with Crippen LogP contribution in [0.5, 0.6) is 0 Å². The number of nitrogens with one attached hydrogen (secondary N) is 1. The predicted octanol–water partition coefficient (Wildman–Crippen LogP) is 3.05. The van der Waals surface area contributed by atoms with Gasteiger partial charge in [-0.05, 0) is 5.92 Å². The molecule has 19 heavy (non-hydrogen) atoms. The van der Waals surface area contributed by atoms with Crippen LogP contribution in [0.3, 0.4) is 0 Å². The molecule has 0 aliphatic rings. The molecular formula is C13H19N3OS2. The number of hydrogen-bond acceptors (Lipinski definition) is 6. The Labute approximate surface area is 121 Å². The Morgan fingerprint density at radius 3 is 2.74 bits per heavy atom. The lowest BCUT2D eigenvalue weighted by molar-refractivity contribution is 0.197. The van der Waals surface area contributed by atoms with Crippen molar-refractivity contribution < 1.29 is 4.74 Å². The molecule has 4 nitrogen and oxygen atoms in total. The first-order valence-corrected chi connectivity index (χ1v) is 8.05. The van der Waals surface area contributed by atoms with E-state index in [0.29, 0.717) is 12.5 Å². The fourth-order valence-electron chi connectivity index (χ4n) is 1.66. The van der Waals surface area contributed by atoms with Crippen molar-refractivity contribution in [1.29, 1.82) is 0 Å². The molecule has 0 saturated heterocycles. The molecule has 1 N–H and O–H groups in total. The van der Waals surface area contributed by atoms with E-state index in [0.717, 1.165) is 22.3 Å². The van der Waals surface area contributed by atoms with E-state index in [1.165, 1.54) is 0 Å². The van der Waals surface area contributed by atoms with Gasteiger partial charge in [0, 0.05) is 30.6 Å². The minimum atomic E-state index is 0.0765. The van der Waals surface area contributed by atoms with Gasteiger partial charge in [0.1, 0.15) is 16.1 Å². The van der Waals surface area contributed by atoms with Crippen molar-refractivity contribution in [3.63, 3.8) is 0 Å². The molecule has 0 saturated carbocycles. The highest BCUT2D eigenvalue weighted by atomic mass is 32.1. The Hall–Kier alpha value is -0.820. The predicted molar refractivity (Wildman–Crippen MR) is 80.0 cm³/mol. The van der Waals surface area contributed by atoms with Crippen LogP contribution in [-0.2, 0) is 4.74 Å². The Morgan fingerprint density at radius 1 is 1.32 bits per heavy atom. The maximum Gasteiger partial charge on any atom is 0.117 e. The lowest BCUT2D eigenvalue weighted by Crippen LogP contribution is -2.25. The number of aromatic nitrogens is 2. The first-order valence-electron chi connectivity index (χ1n) is 6.29. The minimum absolute atomic E-state index is 0.0765. The van der Waals surface area contributed by atoms with Gasteiger partial charge in [-0.3, -0.25) is 5.32 Å². The van der Waals surface area contributed by atoms with Crippen LogP contribution in [0.4, 0.5) is 0 Å². The third kappa shape index (κ3) is 3.82. The number of methoxy groups -OCH3 is 1. The summed E-state index contributed by atoms with van der Waals surface area (Å²) in [7, 11) is 1.71. The Morgan fingerprint density at radius 2 is 2.16 bits per heavy atom. The number of nitrogens with zero attached hydrogens (tertiary/aromatic N) is 2. The van der Waals surface area contributed by atoms with Crippen LogP contribution < -0.4 is 5.32 Å². The maximum absolute atomic E-state index is 5.09. The smallest absolute Gasteiger partial charge is 0.117 e. The Kier molecular flexibility index (Phi) is 5.45. The van der Waals surface area contributed by atoms with Crippen molar-refractivity contribution in [3.05, 3.63) is 32.7 Å². The van der Waals surface area contributed by atoms with Crippen molar-refractivity contribution in [1.82, 2.24) is 15.3 Å². The molecule has 1 unspecified atom stereocenters. The molecule has 2 rings (SSSR count). The third-order valence-corrected chi connectivity index (χ3v) is 4.50. The molecule has 0 amide bonds. The molecule has 0 aliphatic heterocycles. The van der Waals surface area contributed by atoms with E-state index in [1.54, 1.807) is 29.8 Å². The monoisotopic (exact) mass is 297 g/mol. The fourth-order valence-corrected chi connectivity index (χ4v) is 3.51. The molecule has 2 aromatic heterocycles. The minimum Gasteiger partial charge on any atom is -0.383 e. The lowest BCUT2D eigenvalue weighted by Gasteiger charge is -2.13. The molecule has 0 bridgehead atoms. The summed E-state index contributed by atoms with van der Waals surface area (Å²) in [5.41, 5.74) is 1.15. The van der Waals surface area contributed by atoms with Crippen LogP contribution in [0.1, 0.15) is 41.5 Å². The molecule has 0 aromatic carbocycles. The molecule has 6 heteroatoms. The highest BCUT2D eigenvalue weighted by Gasteiger charge is 2.20. The number of rotatable bonds is 7. The summed E-state index contributed by atoms with van der Waals surface area (Å²) in [4.78, 5) is 9.13. The summed E-state index contributed by atoms with van der Waals surface area (Å²) < 4.78 is 5.09. The summed E-state index contributed by atoms with van der Waals surface area (Å²) in [5, 5.41) is 9.73.